The molecule has 0 unspecified atom stereocenters. The number of hydrogen-bond donors (Lipinski definition) is 1. The van der Waals surface area contributed by atoms with Gasteiger partial charge in [-0.3, -0.25) is 4.79 Å². The lowest BCUT2D eigenvalue weighted by Crippen LogP contribution is -2.27. The molecule has 1 aromatic carbocycles. The van der Waals surface area contributed by atoms with Crippen LogP contribution in [0.3, 0.4) is 0 Å². The maximum Gasteiger partial charge on any atom is 0.259 e. The number of ether oxygens (including phenoxy) is 2. The van der Waals surface area contributed by atoms with Crippen molar-refractivity contribution in [2.75, 3.05) is 27.3 Å². The lowest BCUT2D eigenvalue weighted by molar-refractivity contribution is -0.130. The summed E-state index contributed by atoms with van der Waals surface area (Å²) < 4.78 is 11.8. The van der Waals surface area contributed by atoms with Crippen molar-refractivity contribution in [1.82, 2.24) is 4.90 Å². The predicted octanol–water partition coefficient (Wildman–Crippen LogP) is 1.77. The van der Waals surface area contributed by atoms with Gasteiger partial charge in [0.05, 0.1) is 11.1 Å². The predicted molar refractivity (Wildman–Crippen MR) is 77.4 cm³/mol. The van der Waals surface area contributed by atoms with Crippen LogP contribution in [0.25, 0.3) is 0 Å². The highest BCUT2D eigenvalue weighted by atomic mass is 79.9. The van der Waals surface area contributed by atoms with Crippen LogP contribution >= 0.6 is 15.9 Å². The van der Waals surface area contributed by atoms with Crippen LogP contribution in [-0.4, -0.2) is 38.1 Å². The third-order valence-corrected chi connectivity index (χ3v) is 3.03. The minimum atomic E-state index is -0.114. The third kappa shape index (κ3) is 4.40. The van der Waals surface area contributed by atoms with E-state index in [1.807, 2.05) is 19.1 Å². The Morgan fingerprint density at radius 1 is 1.37 bits per heavy atom. The molecule has 0 radical (unpaired) electrons. The molecule has 1 rings (SSSR count). The van der Waals surface area contributed by atoms with E-state index in [0.717, 1.165) is 10.0 Å². The third-order valence-electron chi connectivity index (χ3n) is 2.44. The Hall–Kier alpha value is -1.27. The normalized spacial score (nSPS) is 10.2. The van der Waals surface area contributed by atoms with E-state index in [4.69, 9.17) is 15.2 Å². The van der Waals surface area contributed by atoms with Gasteiger partial charge in [0, 0.05) is 20.6 Å². The van der Waals surface area contributed by atoms with Gasteiger partial charge in [-0.25, -0.2) is 0 Å². The van der Waals surface area contributed by atoms with Gasteiger partial charge in [0.1, 0.15) is 0 Å². The molecule has 0 aliphatic rings. The molecule has 0 fully saturated rings. The number of benzene rings is 1. The van der Waals surface area contributed by atoms with Crippen LogP contribution in [0.15, 0.2) is 16.6 Å². The Morgan fingerprint density at radius 2 is 2.05 bits per heavy atom. The van der Waals surface area contributed by atoms with E-state index >= 15 is 0 Å². The Kier molecular flexibility index (Phi) is 6.11. The highest BCUT2D eigenvalue weighted by Gasteiger charge is 2.14. The van der Waals surface area contributed by atoms with Gasteiger partial charge < -0.3 is 20.1 Å². The molecule has 0 heterocycles. The summed E-state index contributed by atoms with van der Waals surface area (Å²) >= 11 is 3.41. The standard InChI is InChI=1S/C13H19BrN2O3/c1-4-18-11-6-9(7-15)5-10(14)13(11)19-8-12(17)16(2)3/h5-6H,4,7-8,15H2,1-3H3. The number of carbonyl (C=O) groups excluding carboxylic acids is 1. The lowest BCUT2D eigenvalue weighted by Gasteiger charge is -2.16. The fraction of sp³-hybridized carbons (Fsp3) is 0.462. The molecule has 0 spiro atoms. The van der Waals surface area contributed by atoms with Crippen molar-refractivity contribution in [3.8, 4) is 11.5 Å². The zero-order valence-electron chi connectivity index (χ0n) is 11.4. The first-order chi connectivity index (χ1) is 8.99. The van der Waals surface area contributed by atoms with Gasteiger partial charge in [-0.05, 0) is 40.5 Å². The zero-order valence-corrected chi connectivity index (χ0v) is 13.0. The highest BCUT2D eigenvalue weighted by molar-refractivity contribution is 9.10. The molecule has 0 saturated carbocycles. The van der Waals surface area contributed by atoms with Gasteiger partial charge >= 0.3 is 0 Å². The van der Waals surface area contributed by atoms with E-state index in [2.05, 4.69) is 15.9 Å². The maximum atomic E-state index is 11.5. The number of nitrogens with two attached hydrogens (primary N) is 1. The molecule has 0 aliphatic heterocycles. The number of nitrogens with zero attached hydrogens (tertiary/aromatic N) is 1. The van der Waals surface area contributed by atoms with Gasteiger partial charge in [-0.1, -0.05) is 0 Å². The number of likely N-dealkylation sites (N-methyl/N-ethyl adjacent to an activating group) is 1. The molecule has 6 heteroatoms. The van der Waals surface area contributed by atoms with Crippen molar-refractivity contribution in [1.29, 1.82) is 0 Å². The van der Waals surface area contributed by atoms with Crippen LogP contribution in [0.1, 0.15) is 12.5 Å². The quantitative estimate of drug-likeness (QED) is 0.863. The van der Waals surface area contributed by atoms with Crippen molar-refractivity contribution in [3.63, 3.8) is 0 Å². The Morgan fingerprint density at radius 3 is 2.58 bits per heavy atom. The van der Waals surface area contributed by atoms with E-state index < -0.39 is 0 Å². The van der Waals surface area contributed by atoms with E-state index in [-0.39, 0.29) is 12.5 Å². The summed E-state index contributed by atoms with van der Waals surface area (Å²) in [7, 11) is 3.36. The second-order valence-corrected chi connectivity index (χ2v) is 4.97. The van der Waals surface area contributed by atoms with Crippen molar-refractivity contribution >= 4 is 21.8 Å². The van der Waals surface area contributed by atoms with E-state index in [0.29, 0.717) is 24.7 Å². The van der Waals surface area contributed by atoms with Crippen molar-refractivity contribution < 1.29 is 14.3 Å². The monoisotopic (exact) mass is 330 g/mol. The first-order valence-electron chi connectivity index (χ1n) is 5.97. The Balaban J connectivity index is 2.94. The number of carbonyl (C=O) groups is 1. The fourth-order valence-electron chi connectivity index (χ4n) is 1.41. The highest BCUT2D eigenvalue weighted by Crippen LogP contribution is 2.36. The minimum Gasteiger partial charge on any atom is -0.490 e. The summed E-state index contributed by atoms with van der Waals surface area (Å²) in [5, 5.41) is 0. The summed E-state index contributed by atoms with van der Waals surface area (Å²) in [5.74, 6) is 0.996. The first kappa shape index (κ1) is 15.8. The minimum absolute atomic E-state index is 0.0341. The summed E-state index contributed by atoms with van der Waals surface area (Å²) in [5.41, 5.74) is 6.55. The van der Waals surface area contributed by atoms with Crippen molar-refractivity contribution in [3.05, 3.63) is 22.2 Å². The smallest absolute Gasteiger partial charge is 0.259 e. The average Bonchev–Trinajstić information content (AvgIpc) is 2.37. The van der Waals surface area contributed by atoms with Gasteiger partial charge in [-0.15, -0.1) is 0 Å². The first-order valence-corrected chi connectivity index (χ1v) is 6.77. The molecule has 0 aromatic heterocycles. The Bertz CT molecular complexity index is 450. The topological polar surface area (TPSA) is 64.8 Å². The molecule has 19 heavy (non-hydrogen) atoms. The SMILES string of the molecule is CCOc1cc(CN)cc(Br)c1OCC(=O)N(C)C. The molecule has 0 bridgehead atoms. The second-order valence-electron chi connectivity index (χ2n) is 4.12. The van der Waals surface area contributed by atoms with Gasteiger partial charge in [0.15, 0.2) is 18.1 Å². The molecule has 5 nitrogen and oxygen atoms in total. The van der Waals surface area contributed by atoms with Crippen LogP contribution in [0.4, 0.5) is 0 Å². The van der Waals surface area contributed by atoms with Crippen LogP contribution < -0.4 is 15.2 Å². The Labute approximate surface area is 121 Å². The molecular weight excluding hydrogens is 312 g/mol. The summed E-state index contributed by atoms with van der Waals surface area (Å²) in [6.07, 6.45) is 0. The lowest BCUT2D eigenvalue weighted by atomic mass is 10.2. The molecule has 0 atom stereocenters. The fourth-order valence-corrected chi connectivity index (χ4v) is 2.01. The van der Waals surface area contributed by atoms with Crippen LogP contribution in [-0.2, 0) is 11.3 Å². The molecular formula is C13H19BrN2O3. The summed E-state index contributed by atoms with van der Waals surface area (Å²) in [4.78, 5) is 13.0. The number of rotatable bonds is 6. The van der Waals surface area contributed by atoms with Crippen LogP contribution in [0, 0.1) is 0 Å². The van der Waals surface area contributed by atoms with Crippen molar-refractivity contribution in [2.24, 2.45) is 5.73 Å². The number of hydrogen-bond acceptors (Lipinski definition) is 4. The second kappa shape index (κ2) is 7.35. The molecule has 0 saturated heterocycles. The largest absolute Gasteiger partial charge is 0.490 e. The molecule has 106 valence electrons. The van der Waals surface area contributed by atoms with E-state index in [9.17, 15) is 4.79 Å². The van der Waals surface area contributed by atoms with Crippen molar-refractivity contribution in [2.45, 2.75) is 13.5 Å². The average molecular weight is 331 g/mol. The van der Waals surface area contributed by atoms with Crippen LogP contribution in [0.2, 0.25) is 0 Å². The summed E-state index contributed by atoms with van der Waals surface area (Å²) in [6, 6.07) is 3.68. The number of amides is 1. The summed E-state index contributed by atoms with van der Waals surface area (Å²) in [6.45, 7) is 2.78. The molecule has 1 amide bonds. The molecule has 1 aromatic rings. The van der Waals surface area contributed by atoms with Gasteiger partial charge in [-0.2, -0.15) is 0 Å². The zero-order chi connectivity index (χ0) is 14.4. The van der Waals surface area contributed by atoms with Gasteiger partial charge in [0.25, 0.3) is 5.91 Å². The number of halogens is 1. The van der Waals surface area contributed by atoms with E-state index in [1.54, 1.807) is 14.1 Å². The van der Waals surface area contributed by atoms with Crippen LogP contribution in [0.5, 0.6) is 11.5 Å². The van der Waals surface area contributed by atoms with E-state index in [1.165, 1.54) is 4.90 Å². The molecule has 2 N–H and O–H groups in total. The maximum absolute atomic E-state index is 11.5. The van der Waals surface area contributed by atoms with Gasteiger partial charge in [0.2, 0.25) is 0 Å². The molecule has 0 aliphatic carbocycles.